The van der Waals surface area contributed by atoms with Crippen LogP contribution in [-0.2, 0) is 26.2 Å². The first kappa shape index (κ1) is 27.9. The van der Waals surface area contributed by atoms with Crippen LogP contribution in [0.3, 0.4) is 0 Å². The van der Waals surface area contributed by atoms with Crippen molar-refractivity contribution in [2.24, 2.45) is 40.9 Å². The van der Waals surface area contributed by atoms with E-state index in [1.54, 1.807) is 0 Å². The largest absolute Gasteiger partial charge is 4.00 e. The van der Waals surface area contributed by atoms with Crippen molar-refractivity contribution < 1.29 is 26.2 Å². The molecule has 164 valence electrons. The van der Waals surface area contributed by atoms with Crippen LogP contribution in [0, 0.1) is 67.6 Å². The third kappa shape index (κ3) is 7.46. The predicted molar refractivity (Wildman–Crippen MR) is 130 cm³/mol. The SMILES string of the molecule is CC(C)(C1[CH-]C2C=CC=CC2C1)C1[CH-]C2C=CC=CC2C1.[CH2-]CCC.[CH2-]CCC.[Zr+4]. The Morgan fingerprint density at radius 2 is 1.07 bits per heavy atom. The second-order valence-electron chi connectivity index (χ2n) is 9.62. The van der Waals surface area contributed by atoms with Crippen molar-refractivity contribution in [2.45, 2.75) is 66.2 Å². The van der Waals surface area contributed by atoms with Crippen LogP contribution in [0.1, 0.15) is 66.2 Å². The summed E-state index contributed by atoms with van der Waals surface area (Å²) in [6.45, 7) is 16.5. The number of hydrogen-bond donors (Lipinski definition) is 0. The average molecular weight is 484 g/mol. The minimum absolute atomic E-state index is 0. The van der Waals surface area contributed by atoms with E-state index >= 15 is 0 Å². The molecule has 0 aliphatic heterocycles. The summed E-state index contributed by atoms with van der Waals surface area (Å²) in [5.41, 5.74) is 0.387. The van der Waals surface area contributed by atoms with Crippen molar-refractivity contribution in [3.63, 3.8) is 0 Å². The molecule has 2 fully saturated rings. The number of fused-ring (bicyclic) bond motifs is 2. The predicted octanol–water partition coefficient (Wildman–Crippen LogP) is 8.42. The number of hydrogen-bond acceptors (Lipinski definition) is 0. The minimum atomic E-state index is 0. The van der Waals surface area contributed by atoms with Crippen molar-refractivity contribution in [3.05, 3.63) is 75.3 Å². The summed E-state index contributed by atoms with van der Waals surface area (Å²) >= 11 is 0. The van der Waals surface area contributed by atoms with Gasteiger partial charge in [0.25, 0.3) is 0 Å². The molecule has 0 heterocycles. The molecule has 0 nitrogen and oxygen atoms in total. The zero-order valence-corrected chi connectivity index (χ0v) is 22.4. The Hall–Kier alpha value is -0.157. The van der Waals surface area contributed by atoms with Crippen molar-refractivity contribution in [1.82, 2.24) is 0 Å². The summed E-state index contributed by atoms with van der Waals surface area (Å²) in [7, 11) is 0. The summed E-state index contributed by atoms with van der Waals surface area (Å²) in [6.07, 6.45) is 31.0. The van der Waals surface area contributed by atoms with Crippen LogP contribution in [0.2, 0.25) is 0 Å². The molecule has 0 spiro atoms. The summed E-state index contributed by atoms with van der Waals surface area (Å²) in [5.74, 6) is 4.36. The maximum atomic E-state index is 3.60. The second kappa shape index (κ2) is 14.1. The Kier molecular flexibility index (Phi) is 13.1. The normalized spacial score (nSPS) is 32.9. The van der Waals surface area contributed by atoms with Crippen LogP contribution in [0.5, 0.6) is 0 Å². The van der Waals surface area contributed by atoms with Crippen molar-refractivity contribution in [2.75, 3.05) is 0 Å². The number of unbranched alkanes of at least 4 members (excludes halogenated alkanes) is 2. The van der Waals surface area contributed by atoms with E-state index in [2.05, 4.69) is 103 Å². The molecule has 30 heavy (non-hydrogen) atoms. The molecule has 0 amide bonds. The fraction of sp³-hybridized carbons (Fsp3) is 0.586. The fourth-order valence-corrected chi connectivity index (χ4v) is 4.88. The van der Waals surface area contributed by atoms with E-state index in [-0.39, 0.29) is 26.2 Å². The van der Waals surface area contributed by atoms with Crippen LogP contribution >= 0.6 is 0 Å². The first-order chi connectivity index (χ1) is 14.0. The van der Waals surface area contributed by atoms with E-state index in [0.29, 0.717) is 17.3 Å². The second-order valence-corrected chi connectivity index (χ2v) is 9.62. The number of allylic oxidation sites excluding steroid dienone is 8. The van der Waals surface area contributed by atoms with Crippen LogP contribution in [0.4, 0.5) is 0 Å². The van der Waals surface area contributed by atoms with Crippen molar-refractivity contribution in [3.8, 4) is 0 Å². The molecule has 2 saturated carbocycles. The molecule has 0 bridgehead atoms. The zero-order valence-electron chi connectivity index (χ0n) is 19.9. The van der Waals surface area contributed by atoms with E-state index in [1.165, 1.54) is 25.7 Å². The Bertz CT molecular complexity index is 485. The molecule has 4 aliphatic rings. The van der Waals surface area contributed by atoms with Crippen LogP contribution < -0.4 is 0 Å². The van der Waals surface area contributed by atoms with Gasteiger partial charge in [-0.05, 0) is 11.8 Å². The minimum Gasteiger partial charge on any atom is -0.343 e. The Morgan fingerprint density at radius 1 is 0.733 bits per heavy atom. The van der Waals surface area contributed by atoms with E-state index in [1.807, 2.05) is 0 Å². The Morgan fingerprint density at radius 3 is 1.37 bits per heavy atom. The molecular weight excluding hydrogens is 440 g/mol. The van der Waals surface area contributed by atoms with Gasteiger partial charge in [0.15, 0.2) is 0 Å². The summed E-state index contributed by atoms with van der Waals surface area (Å²) in [4.78, 5) is 0. The van der Waals surface area contributed by atoms with Gasteiger partial charge >= 0.3 is 26.2 Å². The molecule has 0 aromatic carbocycles. The molecule has 1 heteroatoms. The fourth-order valence-electron chi connectivity index (χ4n) is 4.88. The van der Waals surface area contributed by atoms with Crippen LogP contribution in [0.25, 0.3) is 0 Å². The molecule has 0 radical (unpaired) electrons. The molecule has 0 N–H and O–H groups in total. The van der Waals surface area contributed by atoms with Crippen LogP contribution in [0.15, 0.2) is 48.6 Å². The Labute approximate surface area is 207 Å². The van der Waals surface area contributed by atoms with Gasteiger partial charge in [-0.3, -0.25) is 0 Å². The first-order valence-corrected chi connectivity index (χ1v) is 12.0. The van der Waals surface area contributed by atoms with Gasteiger partial charge in [-0.15, -0.1) is 24.0 Å². The van der Waals surface area contributed by atoms with Gasteiger partial charge in [0, 0.05) is 0 Å². The topological polar surface area (TPSA) is 0 Å². The van der Waals surface area contributed by atoms with E-state index < -0.39 is 0 Å². The van der Waals surface area contributed by atoms with Gasteiger partial charge in [-0.25, -0.2) is 0 Å². The molecular formula is C29H44Zr. The van der Waals surface area contributed by atoms with Crippen molar-refractivity contribution >= 4 is 0 Å². The van der Waals surface area contributed by atoms with E-state index in [9.17, 15) is 0 Å². The third-order valence-electron chi connectivity index (χ3n) is 7.17. The summed E-state index contributed by atoms with van der Waals surface area (Å²) in [5, 5.41) is 0. The quantitative estimate of drug-likeness (QED) is 0.352. The van der Waals surface area contributed by atoms with E-state index in [4.69, 9.17) is 0 Å². The van der Waals surface area contributed by atoms with Crippen molar-refractivity contribution in [1.29, 1.82) is 0 Å². The van der Waals surface area contributed by atoms with Gasteiger partial charge in [0.1, 0.15) is 0 Å². The smallest absolute Gasteiger partial charge is 0.343 e. The van der Waals surface area contributed by atoms with Gasteiger partial charge < -0.3 is 26.7 Å². The van der Waals surface area contributed by atoms with Gasteiger partial charge in [-0.1, -0.05) is 95.2 Å². The molecule has 0 aromatic rings. The monoisotopic (exact) mass is 482 g/mol. The van der Waals surface area contributed by atoms with Gasteiger partial charge in [0.2, 0.25) is 0 Å². The zero-order chi connectivity index (χ0) is 21.3. The average Bonchev–Trinajstić information content (AvgIpc) is 3.39. The molecule has 4 aliphatic carbocycles. The van der Waals surface area contributed by atoms with E-state index in [0.717, 1.165) is 36.5 Å². The number of rotatable bonds is 4. The maximum absolute atomic E-state index is 3.60. The molecule has 4 rings (SSSR count). The Balaban J connectivity index is 0.000000435. The molecule has 0 saturated heterocycles. The molecule has 6 unspecified atom stereocenters. The molecule has 0 aromatic heterocycles. The summed E-state index contributed by atoms with van der Waals surface area (Å²) in [6, 6.07) is 0. The maximum Gasteiger partial charge on any atom is 4.00 e. The first-order valence-electron chi connectivity index (χ1n) is 12.0. The van der Waals surface area contributed by atoms with Gasteiger partial charge in [-0.2, -0.15) is 24.7 Å². The van der Waals surface area contributed by atoms with Gasteiger partial charge in [0.05, 0.1) is 0 Å². The third-order valence-corrected chi connectivity index (χ3v) is 7.17. The standard InChI is InChI=1S/C21H26.2C4H9.Zr/c1-21(2,19-11-15-7-3-4-8-16(15)12-19)20-13-17-9-5-6-10-18(17)14-20;2*1-3-4-2;/h3-11,13,15-20H,12,14H2,1-2H3;2*1,3-4H2,2H3;/q-2;2*-1;+4. The summed E-state index contributed by atoms with van der Waals surface area (Å²) < 4.78 is 0. The molecule has 6 atom stereocenters. The van der Waals surface area contributed by atoms with Crippen LogP contribution in [-0.4, -0.2) is 0 Å².